The number of methoxy groups -OCH3 is 1. The largest absolute Gasteiger partial charge is 0.383 e. The van der Waals surface area contributed by atoms with Gasteiger partial charge in [0.15, 0.2) is 0 Å². The summed E-state index contributed by atoms with van der Waals surface area (Å²) in [5.74, 6) is -0.810. The van der Waals surface area contributed by atoms with Crippen molar-refractivity contribution in [1.29, 1.82) is 0 Å². The van der Waals surface area contributed by atoms with Crippen molar-refractivity contribution < 1.29 is 22.7 Å². The van der Waals surface area contributed by atoms with Gasteiger partial charge in [-0.15, -0.1) is 0 Å². The van der Waals surface area contributed by atoms with Crippen molar-refractivity contribution in [2.45, 2.75) is 37.5 Å². The Bertz CT molecular complexity index is 1090. The predicted molar refractivity (Wildman–Crippen MR) is 127 cm³/mol. The van der Waals surface area contributed by atoms with Crippen LogP contribution in [0.25, 0.3) is 0 Å². The molecule has 2 N–H and O–H groups in total. The number of hydrogen-bond acceptors (Lipinski definition) is 5. The Morgan fingerprint density at radius 3 is 2.36 bits per heavy atom. The minimum absolute atomic E-state index is 0.103. The molecule has 1 fully saturated rings. The summed E-state index contributed by atoms with van der Waals surface area (Å²) in [6, 6.07) is 11.3. The van der Waals surface area contributed by atoms with E-state index in [0.29, 0.717) is 43.1 Å². The van der Waals surface area contributed by atoms with Gasteiger partial charge in [0.2, 0.25) is 10.0 Å². The number of hydrogen-bond donors (Lipinski definition) is 2. The first-order chi connectivity index (χ1) is 15.8. The maximum atomic E-state index is 13.2. The van der Waals surface area contributed by atoms with E-state index in [1.54, 1.807) is 50.4 Å². The minimum atomic E-state index is -3.69. The lowest BCUT2D eigenvalue weighted by Gasteiger charge is -2.20. The predicted octanol–water partition coefficient (Wildman–Crippen LogP) is 3.19. The second-order valence-corrected chi connectivity index (χ2v) is 9.98. The molecule has 0 aromatic heterocycles. The number of aryl methyl sites for hydroxylation is 1. The van der Waals surface area contributed by atoms with Gasteiger partial charge in [0.25, 0.3) is 11.8 Å². The van der Waals surface area contributed by atoms with Gasteiger partial charge in [0, 0.05) is 32.3 Å². The zero-order valence-electron chi connectivity index (χ0n) is 19.1. The fourth-order valence-electron chi connectivity index (χ4n) is 3.78. The van der Waals surface area contributed by atoms with Gasteiger partial charge in [-0.2, -0.15) is 4.31 Å². The van der Waals surface area contributed by atoms with Gasteiger partial charge in [0.05, 0.1) is 22.8 Å². The van der Waals surface area contributed by atoms with E-state index in [1.807, 2.05) is 0 Å². The minimum Gasteiger partial charge on any atom is -0.383 e. The molecule has 2 aromatic rings. The van der Waals surface area contributed by atoms with Crippen LogP contribution in [0.2, 0.25) is 0 Å². The molecule has 1 heterocycles. The van der Waals surface area contributed by atoms with Gasteiger partial charge in [-0.1, -0.05) is 31.0 Å². The van der Waals surface area contributed by atoms with Crippen molar-refractivity contribution in [3.63, 3.8) is 0 Å². The van der Waals surface area contributed by atoms with Gasteiger partial charge in [0.1, 0.15) is 0 Å². The average Bonchev–Trinajstić information content (AvgIpc) is 3.10. The number of ether oxygens (including phenoxy) is 1. The number of rotatable bonds is 8. The monoisotopic (exact) mass is 473 g/mol. The molecule has 1 aliphatic rings. The van der Waals surface area contributed by atoms with Crippen LogP contribution in [0.1, 0.15) is 52.0 Å². The second-order valence-electron chi connectivity index (χ2n) is 8.04. The van der Waals surface area contributed by atoms with E-state index in [0.717, 1.165) is 25.7 Å². The first-order valence-electron chi connectivity index (χ1n) is 11.1. The molecular formula is C24H31N3O5S. The lowest BCUT2D eigenvalue weighted by Crippen LogP contribution is -2.32. The van der Waals surface area contributed by atoms with Crippen molar-refractivity contribution in [2.24, 2.45) is 0 Å². The van der Waals surface area contributed by atoms with Gasteiger partial charge < -0.3 is 15.4 Å². The molecule has 0 unspecified atom stereocenters. The van der Waals surface area contributed by atoms with E-state index in [1.165, 1.54) is 10.4 Å². The zero-order chi connectivity index (χ0) is 23.8. The zero-order valence-corrected chi connectivity index (χ0v) is 19.9. The highest BCUT2D eigenvalue weighted by atomic mass is 32.2. The number of amides is 2. The highest BCUT2D eigenvalue weighted by molar-refractivity contribution is 7.89. The molecule has 0 saturated carbocycles. The standard InChI is InChI=1S/C24H31N3O5S/c1-18-11-12-19(33(30,31)27-14-7-3-4-8-15-27)17-21(18)24(29)26-22-10-6-5-9-20(22)23(28)25-13-16-32-2/h5-6,9-12,17H,3-4,7-8,13-16H2,1-2H3,(H,25,28)(H,26,29). The van der Waals surface area contributed by atoms with Gasteiger partial charge in [-0.3, -0.25) is 9.59 Å². The summed E-state index contributed by atoms with van der Waals surface area (Å²) < 4.78 is 32.8. The summed E-state index contributed by atoms with van der Waals surface area (Å²) in [5.41, 5.74) is 1.55. The summed E-state index contributed by atoms with van der Waals surface area (Å²) in [7, 11) is -2.14. The molecule has 2 aromatic carbocycles. The maximum Gasteiger partial charge on any atom is 0.255 e. The third-order valence-corrected chi connectivity index (χ3v) is 7.56. The number of anilines is 1. The molecular weight excluding hydrogens is 442 g/mol. The Hall–Kier alpha value is -2.75. The Kier molecular flexibility index (Phi) is 8.60. The molecule has 1 aliphatic heterocycles. The highest BCUT2D eigenvalue weighted by Crippen LogP contribution is 2.24. The number of carbonyl (C=O) groups is 2. The number of benzene rings is 2. The van der Waals surface area contributed by atoms with Crippen molar-refractivity contribution in [2.75, 3.05) is 38.7 Å². The quantitative estimate of drug-likeness (QED) is 0.573. The molecule has 33 heavy (non-hydrogen) atoms. The number of para-hydroxylation sites is 1. The Balaban J connectivity index is 1.83. The second kappa shape index (κ2) is 11.4. The normalized spacial score (nSPS) is 15.0. The van der Waals surface area contributed by atoms with Crippen molar-refractivity contribution >= 4 is 27.5 Å². The van der Waals surface area contributed by atoms with Crippen LogP contribution < -0.4 is 10.6 Å². The van der Waals surface area contributed by atoms with Crippen LogP contribution in [-0.2, 0) is 14.8 Å². The van der Waals surface area contributed by atoms with Crippen molar-refractivity contribution in [3.8, 4) is 0 Å². The smallest absolute Gasteiger partial charge is 0.255 e. The van der Waals surface area contributed by atoms with Crippen LogP contribution in [-0.4, -0.2) is 57.9 Å². The average molecular weight is 474 g/mol. The van der Waals surface area contributed by atoms with Gasteiger partial charge >= 0.3 is 0 Å². The molecule has 9 heteroatoms. The summed E-state index contributed by atoms with van der Waals surface area (Å²) in [6.45, 7) is 3.44. The van der Waals surface area contributed by atoms with Crippen LogP contribution in [0.15, 0.2) is 47.4 Å². The number of nitrogens with one attached hydrogen (secondary N) is 2. The summed E-state index contributed by atoms with van der Waals surface area (Å²) >= 11 is 0. The topological polar surface area (TPSA) is 105 Å². The summed E-state index contributed by atoms with van der Waals surface area (Å²) in [4.78, 5) is 25.7. The molecule has 0 atom stereocenters. The maximum absolute atomic E-state index is 13.2. The van der Waals surface area contributed by atoms with E-state index in [-0.39, 0.29) is 16.4 Å². The lowest BCUT2D eigenvalue weighted by atomic mass is 10.1. The summed E-state index contributed by atoms with van der Waals surface area (Å²) in [5, 5.41) is 5.50. The molecule has 178 valence electrons. The molecule has 0 radical (unpaired) electrons. The van der Waals surface area contributed by atoms with E-state index < -0.39 is 15.9 Å². The molecule has 1 saturated heterocycles. The molecule has 8 nitrogen and oxygen atoms in total. The van der Waals surface area contributed by atoms with Crippen LogP contribution in [0.4, 0.5) is 5.69 Å². The third kappa shape index (κ3) is 6.19. The first kappa shape index (κ1) is 24.9. The first-order valence-corrected chi connectivity index (χ1v) is 12.6. The molecule has 0 spiro atoms. The molecule has 2 amide bonds. The Morgan fingerprint density at radius 1 is 0.970 bits per heavy atom. The van der Waals surface area contributed by atoms with Gasteiger partial charge in [-0.25, -0.2) is 8.42 Å². The molecule has 0 aliphatic carbocycles. The van der Waals surface area contributed by atoms with Crippen molar-refractivity contribution in [3.05, 3.63) is 59.2 Å². The number of carbonyl (C=O) groups excluding carboxylic acids is 2. The van der Waals surface area contributed by atoms with Crippen molar-refractivity contribution in [1.82, 2.24) is 9.62 Å². The SMILES string of the molecule is COCCNC(=O)c1ccccc1NC(=O)c1cc(S(=O)(=O)N2CCCCCC2)ccc1C. The van der Waals surface area contributed by atoms with E-state index in [2.05, 4.69) is 10.6 Å². The van der Waals surface area contributed by atoms with E-state index in [9.17, 15) is 18.0 Å². The fraction of sp³-hybridized carbons (Fsp3) is 0.417. The third-order valence-electron chi connectivity index (χ3n) is 5.67. The number of nitrogens with zero attached hydrogens (tertiary/aromatic N) is 1. The molecule has 3 rings (SSSR count). The molecule has 0 bridgehead atoms. The van der Waals surface area contributed by atoms with Crippen LogP contribution in [0.3, 0.4) is 0 Å². The van der Waals surface area contributed by atoms with Crippen LogP contribution in [0.5, 0.6) is 0 Å². The number of sulfonamides is 1. The van der Waals surface area contributed by atoms with Crippen LogP contribution >= 0.6 is 0 Å². The Labute approximate surface area is 195 Å². The van der Waals surface area contributed by atoms with Gasteiger partial charge in [-0.05, 0) is 49.6 Å². The summed E-state index contributed by atoms with van der Waals surface area (Å²) in [6.07, 6.45) is 3.71. The van der Waals surface area contributed by atoms with E-state index in [4.69, 9.17) is 4.74 Å². The fourth-order valence-corrected chi connectivity index (χ4v) is 5.32. The lowest BCUT2D eigenvalue weighted by molar-refractivity contribution is 0.0938. The van der Waals surface area contributed by atoms with E-state index >= 15 is 0 Å². The van der Waals surface area contributed by atoms with Crippen LogP contribution in [0, 0.1) is 6.92 Å². The highest BCUT2D eigenvalue weighted by Gasteiger charge is 2.26. The Morgan fingerprint density at radius 2 is 1.67 bits per heavy atom.